The summed E-state index contributed by atoms with van der Waals surface area (Å²) in [5, 5.41) is 8.82. The van der Waals surface area contributed by atoms with E-state index in [9.17, 15) is 9.59 Å². The van der Waals surface area contributed by atoms with Crippen LogP contribution in [0.2, 0.25) is 0 Å². The fraction of sp³-hybridized carbons (Fsp3) is 0.429. The maximum atomic E-state index is 11.8. The molecule has 0 saturated carbocycles. The molecule has 5 nitrogen and oxygen atoms in total. The van der Waals surface area contributed by atoms with Crippen molar-refractivity contribution < 1.29 is 19.4 Å². The minimum Gasteiger partial charge on any atom is -0.484 e. The van der Waals surface area contributed by atoms with Gasteiger partial charge in [-0.25, -0.2) is 4.79 Å². The molecule has 1 aromatic carbocycles. The highest BCUT2D eigenvalue weighted by atomic mass is 16.5. The molecule has 1 rings (SSSR count). The van der Waals surface area contributed by atoms with Gasteiger partial charge in [0.1, 0.15) is 11.8 Å². The number of likely N-dealkylation sites (N-methyl/N-ethyl adjacent to an activating group) is 1. The lowest BCUT2D eigenvalue weighted by Gasteiger charge is -2.21. The molecule has 0 fully saturated rings. The van der Waals surface area contributed by atoms with E-state index >= 15 is 0 Å². The van der Waals surface area contributed by atoms with Crippen LogP contribution < -0.4 is 4.74 Å². The van der Waals surface area contributed by atoms with Crippen LogP contribution in [0.25, 0.3) is 0 Å². The minimum absolute atomic E-state index is 0.170. The minimum atomic E-state index is -1.04. The van der Waals surface area contributed by atoms with Gasteiger partial charge in [0.2, 0.25) is 0 Å². The molecule has 0 aliphatic carbocycles. The Hall–Kier alpha value is -2.04. The summed E-state index contributed by atoms with van der Waals surface area (Å²) in [6, 6.07) is 4.81. The first-order valence-corrected chi connectivity index (χ1v) is 6.01. The molecule has 1 unspecified atom stereocenters. The number of ether oxygens (including phenoxy) is 1. The van der Waals surface area contributed by atoms with Gasteiger partial charge in [-0.1, -0.05) is 6.07 Å². The van der Waals surface area contributed by atoms with Crippen molar-refractivity contribution in [2.75, 3.05) is 13.7 Å². The Morgan fingerprint density at radius 1 is 1.26 bits per heavy atom. The molecule has 1 atom stereocenters. The second-order valence-corrected chi connectivity index (χ2v) is 4.63. The van der Waals surface area contributed by atoms with E-state index < -0.39 is 12.0 Å². The highest BCUT2D eigenvalue weighted by Crippen LogP contribution is 2.16. The molecule has 1 N–H and O–H groups in total. The topological polar surface area (TPSA) is 66.8 Å². The first-order valence-electron chi connectivity index (χ1n) is 6.01. The Bertz CT molecular complexity index is 464. The van der Waals surface area contributed by atoms with Crippen LogP contribution >= 0.6 is 0 Å². The fourth-order valence-electron chi connectivity index (χ4n) is 1.64. The number of aliphatic carboxylic acids is 1. The first-order chi connectivity index (χ1) is 8.81. The SMILES string of the molecule is Cc1cc(C)cc(OCC(=O)N(C)C(C)C(=O)O)c1. The van der Waals surface area contributed by atoms with Crippen molar-refractivity contribution in [3.05, 3.63) is 29.3 Å². The van der Waals surface area contributed by atoms with Crippen LogP contribution in [0.1, 0.15) is 18.1 Å². The summed E-state index contributed by atoms with van der Waals surface area (Å²) < 4.78 is 5.40. The number of carbonyl (C=O) groups excluding carboxylic acids is 1. The average molecular weight is 265 g/mol. The standard InChI is InChI=1S/C14H19NO4/c1-9-5-10(2)7-12(6-9)19-8-13(16)15(4)11(3)14(17)18/h5-7,11H,8H2,1-4H3,(H,17,18). The summed E-state index contributed by atoms with van der Waals surface area (Å²) in [5.74, 6) is -0.793. The normalized spacial score (nSPS) is 11.8. The lowest BCUT2D eigenvalue weighted by molar-refractivity contribution is -0.148. The molecule has 0 aromatic heterocycles. The van der Waals surface area contributed by atoms with Gasteiger partial charge < -0.3 is 14.7 Å². The highest BCUT2D eigenvalue weighted by Gasteiger charge is 2.21. The van der Waals surface area contributed by atoms with Crippen molar-refractivity contribution in [3.63, 3.8) is 0 Å². The number of carbonyl (C=O) groups is 2. The number of hydrogen-bond acceptors (Lipinski definition) is 3. The molecule has 1 amide bonds. The summed E-state index contributed by atoms with van der Waals surface area (Å²) in [5.41, 5.74) is 2.10. The third-order valence-electron chi connectivity index (χ3n) is 2.89. The van der Waals surface area contributed by atoms with Gasteiger partial charge in [0.05, 0.1) is 0 Å². The maximum absolute atomic E-state index is 11.8. The van der Waals surface area contributed by atoms with Crippen molar-refractivity contribution >= 4 is 11.9 Å². The largest absolute Gasteiger partial charge is 0.484 e. The Labute approximate surface area is 112 Å². The predicted octanol–water partition coefficient (Wildman–Crippen LogP) is 1.61. The number of amides is 1. The molecule has 0 aliphatic heterocycles. The van der Waals surface area contributed by atoms with Gasteiger partial charge in [0.15, 0.2) is 6.61 Å². The van der Waals surface area contributed by atoms with E-state index in [-0.39, 0.29) is 12.5 Å². The van der Waals surface area contributed by atoms with E-state index in [1.807, 2.05) is 32.0 Å². The molecular formula is C14H19NO4. The lowest BCUT2D eigenvalue weighted by Crippen LogP contribution is -2.42. The van der Waals surface area contributed by atoms with Gasteiger partial charge in [0.25, 0.3) is 5.91 Å². The molecule has 1 aromatic rings. The number of benzene rings is 1. The Balaban J connectivity index is 2.61. The zero-order chi connectivity index (χ0) is 14.6. The fourth-order valence-corrected chi connectivity index (χ4v) is 1.64. The molecule has 0 bridgehead atoms. The van der Waals surface area contributed by atoms with Crippen LogP contribution in [-0.4, -0.2) is 41.6 Å². The summed E-state index contributed by atoms with van der Waals surface area (Å²) in [6.07, 6.45) is 0. The molecule has 19 heavy (non-hydrogen) atoms. The van der Waals surface area contributed by atoms with Gasteiger partial charge in [-0.2, -0.15) is 0 Å². The van der Waals surface area contributed by atoms with Crippen LogP contribution in [0, 0.1) is 13.8 Å². The number of carboxylic acid groups (broad SMARTS) is 1. The summed E-state index contributed by atoms with van der Waals surface area (Å²) in [4.78, 5) is 23.7. The van der Waals surface area contributed by atoms with Gasteiger partial charge in [-0.15, -0.1) is 0 Å². The van der Waals surface area contributed by atoms with Crippen molar-refractivity contribution in [2.24, 2.45) is 0 Å². The molecular weight excluding hydrogens is 246 g/mol. The van der Waals surface area contributed by atoms with Crippen molar-refractivity contribution in [1.82, 2.24) is 4.90 Å². The number of nitrogens with zero attached hydrogens (tertiary/aromatic N) is 1. The quantitative estimate of drug-likeness (QED) is 0.878. The summed E-state index contributed by atoms with van der Waals surface area (Å²) in [6.45, 7) is 5.18. The van der Waals surface area contributed by atoms with Crippen LogP contribution in [0.3, 0.4) is 0 Å². The number of carboxylic acids is 1. The molecule has 0 spiro atoms. The zero-order valence-corrected chi connectivity index (χ0v) is 11.6. The molecule has 5 heteroatoms. The van der Waals surface area contributed by atoms with E-state index in [0.29, 0.717) is 5.75 Å². The Morgan fingerprint density at radius 3 is 2.26 bits per heavy atom. The Morgan fingerprint density at radius 2 is 1.79 bits per heavy atom. The second kappa shape index (κ2) is 6.22. The predicted molar refractivity (Wildman–Crippen MR) is 71.3 cm³/mol. The van der Waals surface area contributed by atoms with E-state index in [1.54, 1.807) is 0 Å². The lowest BCUT2D eigenvalue weighted by atomic mass is 10.1. The monoisotopic (exact) mass is 265 g/mol. The summed E-state index contributed by atoms with van der Waals surface area (Å²) >= 11 is 0. The zero-order valence-electron chi connectivity index (χ0n) is 11.6. The second-order valence-electron chi connectivity index (χ2n) is 4.63. The Kier molecular flexibility index (Phi) is 4.92. The summed E-state index contributed by atoms with van der Waals surface area (Å²) in [7, 11) is 1.45. The van der Waals surface area contributed by atoms with Crippen LogP contribution in [0.15, 0.2) is 18.2 Å². The van der Waals surface area contributed by atoms with Crippen molar-refractivity contribution in [1.29, 1.82) is 0 Å². The van der Waals surface area contributed by atoms with E-state index in [1.165, 1.54) is 14.0 Å². The van der Waals surface area contributed by atoms with Crippen LogP contribution in [-0.2, 0) is 9.59 Å². The van der Waals surface area contributed by atoms with E-state index in [2.05, 4.69) is 0 Å². The van der Waals surface area contributed by atoms with Gasteiger partial charge >= 0.3 is 5.97 Å². The number of hydrogen-bond donors (Lipinski definition) is 1. The van der Waals surface area contributed by atoms with E-state index in [4.69, 9.17) is 9.84 Å². The third kappa shape index (κ3) is 4.28. The number of rotatable bonds is 5. The van der Waals surface area contributed by atoms with Crippen molar-refractivity contribution in [3.8, 4) is 5.75 Å². The molecule has 104 valence electrons. The van der Waals surface area contributed by atoms with Gasteiger partial charge in [-0.05, 0) is 44.0 Å². The first kappa shape index (κ1) is 15.0. The highest BCUT2D eigenvalue weighted by molar-refractivity contribution is 5.84. The molecule has 0 heterocycles. The average Bonchev–Trinajstić information content (AvgIpc) is 2.32. The maximum Gasteiger partial charge on any atom is 0.326 e. The molecule has 0 radical (unpaired) electrons. The molecule has 0 saturated heterocycles. The van der Waals surface area contributed by atoms with Crippen LogP contribution in [0.5, 0.6) is 5.75 Å². The number of aryl methyl sites for hydroxylation is 2. The van der Waals surface area contributed by atoms with Gasteiger partial charge in [-0.3, -0.25) is 4.79 Å². The smallest absolute Gasteiger partial charge is 0.326 e. The third-order valence-corrected chi connectivity index (χ3v) is 2.89. The molecule has 0 aliphatic rings. The van der Waals surface area contributed by atoms with E-state index in [0.717, 1.165) is 16.0 Å². The van der Waals surface area contributed by atoms with Gasteiger partial charge in [0, 0.05) is 7.05 Å². The van der Waals surface area contributed by atoms with Crippen molar-refractivity contribution in [2.45, 2.75) is 26.8 Å². The van der Waals surface area contributed by atoms with Crippen LogP contribution in [0.4, 0.5) is 0 Å².